The highest BCUT2D eigenvalue weighted by molar-refractivity contribution is 5.98. The molecule has 0 fully saturated rings. The molecule has 0 spiro atoms. The molecule has 1 amide bonds. The summed E-state index contributed by atoms with van der Waals surface area (Å²) in [4.78, 5) is 34.3. The predicted octanol–water partition coefficient (Wildman–Crippen LogP) is 2.36. The van der Waals surface area contributed by atoms with Gasteiger partial charge in [-0.05, 0) is 37.3 Å². The lowest BCUT2D eigenvalue weighted by molar-refractivity contribution is -0.383. The molecule has 0 heterocycles. The Morgan fingerprint density at radius 2 is 1.79 bits per heavy atom. The standard InChI is InChI=1S/C16H15N3O5/c1-10(24-16(21)11-6-8-12(17)9-7-11)15(20)18-13-4-2-3-5-14(13)19(22)23/h2-10H,17H2,1H3,(H,18,20)/t10-/m1/s1. The van der Waals surface area contributed by atoms with E-state index in [0.29, 0.717) is 5.69 Å². The number of esters is 1. The number of para-hydroxylation sites is 2. The maximum Gasteiger partial charge on any atom is 0.338 e. The maximum absolute atomic E-state index is 12.1. The van der Waals surface area contributed by atoms with E-state index >= 15 is 0 Å². The van der Waals surface area contributed by atoms with E-state index in [1.165, 1.54) is 49.4 Å². The molecular weight excluding hydrogens is 314 g/mol. The molecule has 2 aromatic rings. The van der Waals surface area contributed by atoms with Crippen LogP contribution >= 0.6 is 0 Å². The Balaban J connectivity index is 2.04. The second kappa shape index (κ2) is 7.23. The third-order valence-electron chi connectivity index (χ3n) is 3.16. The van der Waals surface area contributed by atoms with Gasteiger partial charge in [-0.25, -0.2) is 4.79 Å². The highest BCUT2D eigenvalue weighted by Gasteiger charge is 2.22. The molecule has 0 radical (unpaired) electrons. The molecule has 0 bridgehead atoms. The van der Waals surface area contributed by atoms with E-state index in [0.717, 1.165) is 0 Å². The second-order valence-electron chi connectivity index (χ2n) is 4.93. The topological polar surface area (TPSA) is 125 Å². The average Bonchev–Trinajstić information content (AvgIpc) is 2.55. The summed E-state index contributed by atoms with van der Waals surface area (Å²) in [5.41, 5.74) is 6.05. The third-order valence-corrected chi connectivity index (χ3v) is 3.16. The van der Waals surface area contributed by atoms with Gasteiger partial charge in [0.1, 0.15) is 5.69 Å². The van der Waals surface area contributed by atoms with Crippen LogP contribution in [-0.4, -0.2) is 22.9 Å². The van der Waals surface area contributed by atoms with E-state index < -0.39 is 22.9 Å². The van der Waals surface area contributed by atoms with Gasteiger partial charge in [0.15, 0.2) is 6.10 Å². The molecule has 8 nitrogen and oxygen atoms in total. The Morgan fingerprint density at radius 1 is 1.17 bits per heavy atom. The van der Waals surface area contributed by atoms with Gasteiger partial charge in [-0.15, -0.1) is 0 Å². The number of hydrogen-bond donors (Lipinski definition) is 2. The van der Waals surface area contributed by atoms with Crippen LogP contribution in [-0.2, 0) is 9.53 Å². The molecule has 24 heavy (non-hydrogen) atoms. The van der Waals surface area contributed by atoms with E-state index in [-0.39, 0.29) is 16.9 Å². The Morgan fingerprint density at radius 3 is 2.42 bits per heavy atom. The van der Waals surface area contributed by atoms with Crippen molar-refractivity contribution in [2.45, 2.75) is 13.0 Å². The molecular formula is C16H15N3O5. The fraction of sp³-hybridized carbons (Fsp3) is 0.125. The van der Waals surface area contributed by atoms with Crippen LogP contribution in [0, 0.1) is 10.1 Å². The molecule has 0 saturated carbocycles. The lowest BCUT2D eigenvalue weighted by atomic mass is 10.2. The van der Waals surface area contributed by atoms with Crippen LogP contribution in [0.5, 0.6) is 0 Å². The van der Waals surface area contributed by atoms with Crippen molar-refractivity contribution in [2.75, 3.05) is 11.1 Å². The number of nitro groups is 1. The average molecular weight is 329 g/mol. The van der Waals surface area contributed by atoms with Gasteiger partial charge < -0.3 is 15.8 Å². The Labute approximate surface area is 137 Å². The van der Waals surface area contributed by atoms with Crippen LogP contribution in [0.1, 0.15) is 17.3 Å². The first-order valence-electron chi connectivity index (χ1n) is 6.99. The molecule has 8 heteroatoms. The first-order chi connectivity index (χ1) is 11.4. The number of nitrogens with two attached hydrogens (primary N) is 1. The quantitative estimate of drug-likeness (QED) is 0.375. The molecule has 0 aliphatic carbocycles. The van der Waals surface area contributed by atoms with E-state index in [4.69, 9.17) is 10.5 Å². The van der Waals surface area contributed by atoms with Gasteiger partial charge >= 0.3 is 5.97 Å². The minimum Gasteiger partial charge on any atom is -0.449 e. The number of nitrogens with one attached hydrogen (secondary N) is 1. The van der Waals surface area contributed by atoms with Crippen LogP contribution in [0.4, 0.5) is 17.1 Å². The number of ether oxygens (including phenoxy) is 1. The number of nitrogens with zero attached hydrogens (tertiary/aromatic N) is 1. The molecule has 2 rings (SSSR count). The summed E-state index contributed by atoms with van der Waals surface area (Å²) in [5, 5.41) is 13.3. The van der Waals surface area contributed by atoms with Crippen LogP contribution in [0.15, 0.2) is 48.5 Å². The number of anilines is 2. The lowest BCUT2D eigenvalue weighted by Gasteiger charge is -2.13. The smallest absolute Gasteiger partial charge is 0.338 e. The lowest BCUT2D eigenvalue weighted by Crippen LogP contribution is -2.30. The van der Waals surface area contributed by atoms with E-state index in [1.807, 2.05) is 0 Å². The van der Waals surface area contributed by atoms with Crippen molar-refractivity contribution in [1.82, 2.24) is 0 Å². The fourth-order valence-electron chi connectivity index (χ4n) is 1.87. The third kappa shape index (κ3) is 4.07. The van der Waals surface area contributed by atoms with Gasteiger partial charge in [0.25, 0.3) is 11.6 Å². The summed E-state index contributed by atoms with van der Waals surface area (Å²) in [6.45, 7) is 1.37. The molecule has 0 aliphatic rings. The SMILES string of the molecule is C[C@@H](OC(=O)c1ccc(N)cc1)C(=O)Nc1ccccc1[N+](=O)[O-]. The van der Waals surface area contributed by atoms with Crippen molar-refractivity contribution < 1.29 is 19.2 Å². The van der Waals surface area contributed by atoms with Crippen molar-refractivity contribution in [3.63, 3.8) is 0 Å². The van der Waals surface area contributed by atoms with Crippen LogP contribution in [0.25, 0.3) is 0 Å². The number of benzene rings is 2. The second-order valence-corrected chi connectivity index (χ2v) is 4.93. The molecule has 124 valence electrons. The molecule has 3 N–H and O–H groups in total. The van der Waals surface area contributed by atoms with Crippen molar-refractivity contribution in [2.24, 2.45) is 0 Å². The molecule has 0 unspecified atom stereocenters. The first kappa shape index (κ1) is 16.9. The Kier molecular flexibility index (Phi) is 5.10. The number of amides is 1. The highest BCUT2D eigenvalue weighted by atomic mass is 16.6. The number of carbonyl (C=O) groups excluding carboxylic acids is 2. The van der Waals surface area contributed by atoms with Crippen LogP contribution in [0.3, 0.4) is 0 Å². The zero-order chi connectivity index (χ0) is 17.7. The van der Waals surface area contributed by atoms with Gasteiger partial charge in [-0.3, -0.25) is 14.9 Å². The molecule has 2 aromatic carbocycles. The summed E-state index contributed by atoms with van der Waals surface area (Å²) in [6, 6.07) is 11.7. The summed E-state index contributed by atoms with van der Waals surface area (Å²) in [7, 11) is 0. The highest BCUT2D eigenvalue weighted by Crippen LogP contribution is 2.23. The van der Waals surface area contributed by atoms with E-state index in [2.05, 4.69) is 5.32 Å². The van der Waals surface area contributed by atoms with Gasteiger partial charge in [-0.1, -0.05) is 12.1 Å². The van der Waals surface area contributed by atoms with Crippen molar-refractivity contribution in [1.29, 1.82) is 0 Å². The summed E-state index contributed by atoms with van der Waals surface area (Å²) >= 11 is 0. The fourth-order valence-corrected chi connectivity index (χ4v) is 1.87. The number of rotatable bonds is 5. The van der Waals surface area contributed by atoms with Crippen molar-refractivity contribution >= 4 is 28.9 Å². The number of nitro benzene ring substituents is 1. The largest absolute Gasteiger partial charge is 0.449 e. The van der Waals surface area contributed by atoms with Crippen molar-refractivity contribution in [3.05, 3.63) is 64.2 Å². The Bertz CT molecular complexity index is 774. The number of hydrogen-bond acceptors (Lipinski definition) is 6. The summed E-state index contributed by atoms with van der Waals surface area (Å²) < 4.78 is 5.05. The number of carbonyl (C=O) groups is 2. The van der Waals surface area contributed by atoms with Gasteiger partial charge in [0.05, 0.1) is 10.5 Å². The first-order valence-corrected chi connectivity index (χ1v) is 6.99. The monoisotopic (exact) mass is 329 g/mol. The molecule has 0 saturated heterocycles. The summed E-state index contributed by atoms with van der Waals surface area (Å²) in [5.74, 6) is -1.37. The van der Waals surface area contributed by atoms with E-state index in [1.54, 1.807) is 6.07 Å². The van der Waals surface area contributed by atoms with Gasteiger partial charge in [0, 0.05) is 11.8 Å². The zero-order valence-corrected chi connectivity index (χ0v) is 12.8. The Hall–Kier alpha value is -3.42. The van der Waals surface area contributed by atoms with E-state index in [9.17, 15) is 19.7 Å². The van der Waals surface area contributed by atoms with Gasteiger partial charge in [0.2, 0.25) is 0 Å². The minimum atomic E-state index is -1.13. The molecule has 1 atom stereocenters. The number of nitrogen functional groups attached to an aromatic ring is 1. The van der Waals surface area contributed by atoms with Crippen LogP contribution < -0.4 is 11.1 Å². The predicted molar refractivity (Wildman–Crippen MR) is 87.5 cm³/mol. The zero-order valence-electron chi connectivity index (χ0n) is 12.8. The van der Waals surface area contributed by atoms with Crippen LogP contribution in [0.2, 0.25) is 0 Å². The maximum atomic E-state index is 12.1. The van der Waals surface area contributed by atoms with Gasteiger partial charge in [-0.2, -0.15) is 0 Å². The minimum absolute atomic E-state index is 0.0304. The molecule has 0 aliphatic heterocycles. The normalized spacial score (nSPS) is 11.4. The molecule has 0 aromatic heterocycles. The summed E-state index contributed by atoms with van der Waals surface area (Å²) in [6.07, 6.45) is -1.13. The van der Waals surface area contributed by atoms with Crippen molar-refractivity contribution in [3.8, 4) is 0 Å².